The van der Waals surface area contributed by atoms with E-state index in [-0.39, 0.29) is 24.8 Å². The van der Waals surface area contributed by atoms with Crippen molar-refractivity contribution in [1.82, 2.24) is 20.1 Å². The number of carbonyl (C=O) groups is 1. The lowest BCUT2D eigenvalue weighted by molar-refractivity contribution is 0.0955. The number of aryl methyl sites for hydroxylation is 3. The third kappa shape index (κ3) is 4.58. The van der Waals surface area contributed by atoms with Gasteiger partial charge in [0.05, 0.1) is 11.1 Å². The highest BCUT2D eigenvalue weighted by Gasteiger charge is 2.23. The SMILES string of the molecule is C.Cc1cc(C)c2c(-c3cnn(C)c3)c(C(=O)NCc3ccc(S(C)(=O)=O)cc3)sc2n1. The van der Waals surface area contributed by atoms with Gasteiger partial charge in [0.1, 0.15) is 9.71 Å². The van der Waals surface area contributed by atoms with Gasteiger partial charge in [-0.15, -0.1) is 11.3 Å². The van der Waals surface area contributed by atoms with Crippen LogP contribution in [0.2, 0.25) is 0 Å². The van der Waals surface area contributed by atoms with Crippen molar-refractivity contribution in [2.24, 2.45) is 7.05 Å². The minimum absolute atomic E-state index is 0. The Bertz CT molecular complexity index is 1400. The summed E-state index contributed by atoms with van der Waals surface area (Å²) in [6.45, 7) is 4.25. The van der Waals surface area contributed by atoms with E-state index in [2.05, 4.69) is 15.4 Å². The fourth-order valence-corrected chi connectivity index (χ4v) is 5.41. The predicted octanol–water partition coefficient (Wildman–Crippen LogP) is 4.28. The molecular formula is C23H26N4O3S2. The van der Waals surface area contributed by atoms with Crippen LogP contribution in [0.5, 0.6) is 0 Å². The van der Waals surface area contributed by atoms with E-state index in [0.717, 1.165) is 38.2 Å². The van der Waals surface area contributed by atoms with E-state index < -0.39 is 9.84 Å². The molecule has 0 radical (unpaired) electrons. The average molecular weight is 471 g/mol. The third-order valence-electron chi connectivity index (χ3n) is 4.99. The summed E-state index contributed by atoms with van der Waals surface area (Å²) in [7, 11) is -1.41. The number of hydrogen-bond acceptors (Lipinski definition) is 6. The fraction of sp³-hybridized carbons (Fsp3) is 0.261. The Kier molecular flexibility index (Phi) is 6.52. The molecule has 168 valence electrons. The Morgan fingerprint density at radius 3 is 2.47 bits per heavy atom. The lowest BCUT2D eigenvalue weighted by atomic mass is 10.0. The molecule has 1 N–H and O–H groups in total. The number of amides is 1. The molecule has 0 saturated heterocycles. The third-order valence-corrected chi connectivity index (χ3v) is 7.20. The summed E-state index contributed by atoms with van der Waals surface area (Å²) in [5.41, 5.74) is 4.48. The number of nitrogens with one attached hydrogen (secondary N) is 1. The van der Waals surface area contributed by atoms with Crippen LogP contribution in [0, 0.1) is 13.8 Å². The second-order valence-electron chi connectivity index (χ2n) is 7.57. The number of hydrogen-bond donors (Lipinski definition) is 1. The highest BCUT2D eigenvalue weighted by Crippen LogP contribution is 2.39. The number of aromatic nitrogens is 3. The molecule has 1 amide bonds. The first kappa shape index (κ1) is 23.6. The first-order chi connectivity index (χ1) is 14.6. The molecule has 9 heteroatoms. The minimum Gasteiger partial charge on any atom is -0.347 e. The van der Waals surface area contributed by atoms with E-state index in [9.17, 15) is 13.2 Å². The lowest BCUT2D eigenvalue weighted by Crippen LogP contribution is -2.22. The van der Waals surface area contributed by atoms with Gasteiger partial charge in [0.15, 0.2) is 9.84 Å². The van der Waals surface area contributed by atoms with Crippen LogP contribution in [0.25, 0.3) is 21.3 Å². The Morgan fingerprint density at radius 2 is 1.88 bits per heavy atom. The molecule has 0 atom stereocenters. The molecule has 1 aromatic carbocycles. The Hall–Kier alpha value is -3.04. The topological polar surface area (TPSA) is 94.0 Å². The van der Waals surface area contributed by atoms with E-state index in [1.165, 1.54) is 17.6 Å². The van der Waals surface area contributed by atoms with Gasteiger partial charge in [-0.3, -0.25) is 9.48 Å². The maximum atomic E-state index is 13.2. The van der Waals surface area contributed by atoms with E-state index in [4.69, 9.17) is 0 Å². The second-order valence-corrected chi connectivity index (χ2v) is 10.6. The van der Waals surface area contributed by atoms with Crippen LogP contribution < -0.4 is 5.32 Å². The summed E-state index contributed by atoms with van der Waals surface area (Å²) in [5.74, 6) is -0.203. The quantitative estimate of drug-likeness (QED) is 0.470. The largest absolute Gasteiger partial charge is 0.347 e. The molecule has 0 spiro atoms. The molecule has 0 aliphatic rings. The van der Waals surface area contributed by atoms with Crippen molar-refractivity contribution in [3.63, 3.8) is 0 Å². The van der Waals surface area contributed by atoms with Crippen molar-refractivity contribution in [3.8, 4) is 11.1 Å². The van der Waals surface area contributed by atoms with E-state index in [1.54, 1.807) is 35.1 Å². The number of sulfone groups is 1. The standard InChI is InChI=1S/C22H22N4O3S2.CH4/c1-13-9-14(2)25-22-18(13)19(16-11-24-26(3)12-16)20(30-22)21(27)23-10-15-5-7-17(8-6-15)31(4,28)29;/h5-9,11-12H,10H2,1-4H3,(H,23,27);1H4. The Balaban J connectivity index is 0.00000289. The molecule has 0 unspecified atom stereocenters. The molecule has 32 heavy (non-hydrogen) atoms. The zero-order valence-electron chi connectivity index (χ0n) is 17.6. The monoisotopic (exact) mass is 470 g/mol. The Labute approximate surface area is 192 Å². The van der Waals surface area contributed by atoms with Crippen LogP contribution in [0.3, 0.4) is 0 Å². The van der Waals surface area contributed by atoms with Gasteiger partial charge in [-0.2, -0.15) is 5.10 Å². The van der Waals surface area contributed by atoms with Crippen LogP contribution >= 0.6 is 11.3 Å². The van der Waals surface area contributed by atoms with Gasteiger partial charge in [-0.1, -0.05) is 19.6 Å². The summed E-state index contributed by atoms with van der Waals surface area (Å²) >= 11 is 1.37. The van der Waals surface area contributed by atoms with Gasteiger partial charge in [0, 0.05) is 48.3 Å². The van der Waals surface area contributed by atoms with Crippen LogP contribution in [0.1, 0.15) is 33.9 Å². The van der Waals surface area contributed by atoms with Crippen LogP contribution in [-0.2, 0) is 23.4 Å². The number of carbonyl (C=O) groups excluding carboxylic acids is 1. The molecule has 7 nitrogen and oxygen atoms in total. The Morgan fingerprint density at radius 1 is 1.19 bits per heavy atom. The van der Waals surface area contributed by atoms with Gasteiger partial charge in [0.25, 0.3) is 5.91 Å². The van der Waals surface area contributed by atoms with Crippen LogP contribution in [-0.4, -0.2) is 35.3 Å². The smallest absolute Gasteiger partial charge is 0.262 e. The van der Waals surface area contributed by atoms with Gasteiger partial charge in [0.2, 0.25) is 0 Å². The van der Waals surface area contributed by atoms with Gasteiger partial charge < -0.3 is 5.32 Å². The first-order valence-electron chi connectivity index (χ1n) is 9.60. The fourth-order valence-electron chi connectivity index (χ4n) is 3.54. The number of pyridine rings is 1. The summed E-state index contributed by atoms with van der Waals surface area (Å²) < 4.78 is 25.0. The van der Waals surface area contributed by atoms with Crippen molar-refractivity contribution in [2.75, 3.05) is 6.26 Å². The molecule has 4 rings (SSSR count). The molecule has 4 aromatic rings. The molecule has 0 aliphatic carbocycles. The molecule has 3 aromatic heterocycles. The molecular weight excluding hydrogens is 444 g/mol. The van der Waals surface area contributed by atoms with E-state index in [0.29, 0.717) is 4.88 Å². The number of benzene rings is 1. The van der Waals surface area contributed by atoms with E-state index in [1.807, 2.05) is 33.2 Å². The van der Waals surface area contributed by atoms with Gasteiger partial charge in [-0.05, 0) is 43.2 Å². The predicted molar refractivity (Wildman–Crippen MR) is 129 cm³/mol. The summed E-state index contributed by atoms with van der Waals surface area (Å²) in [4.78, 5) is 19.4. The molecule has 0 saturated carbocycles. The van der Waals surface area contributed by atoms with Crippen molar-refractivity contribution < 1.29 is 13.2 Å². The summed E-state index contributed by atoms with van der Waals surface area (Å²) in [6, 6.07) is 8.53. The molecule has 3 heterocycles. The maximum absolute atomic E-state index is 13.2. The number of rotatable bonds is 5. The lowest BCUT2D eigenvalue weighted by Gasteiger charge is -2.07. The average Bonchev–Trinajstić information content (AvgIpc) is 3.29. The highest BCUT2D eigenvalue weighted by atomic mass is 32.2. The zero-order chi connectivity index (χ0) is 22.3. The van der Waals surface area contributed by atoms with Crippen molar-refractivity contribution in [3.05, 3.63) is 64.4 Å². The highest BCUT2D eigenvalue weighted by molar-refractivity contribution is 7.90. The number of fused-ring (bicyclic) bond motifs is 1. The normalized spacial score (nSPS) is 11.4. The van der Waals surface area contributed by atoms with Crippen molar-refractivity contribution >= 4 is 37.3 Å². The zero-order valence-corrected chi connectivity index (χ0v) is 19.3. The maximum Gasteiger partial charge on any atom is 0.262 e. The van der Waals surface area contributed by atoms with Crippen molar-refractivity contribution in [1.29, 1.82) is 0 Å². The number of nitrogens with zero attached hydrogens (tertiary/aromatic N) is 3. The van der Waals surface area contributed by atoms with Crippen LogP contribution in [0.15, 0.2) is 47.6 Å². The van der Waals surface area contributed by atoms with Crippen molar-refractivity contribution in [2.45, 2.75) is 32.7 Å². The van der Waals surface area contributed by atoms with Gasteiger partial charge in [-0.25, -0.2) is 13.4 Å². The summed E-state index contributed by atoms with van der Waals surface area (Å²) in [5, 5.41) is 8.19. The summed E-state index contributed by atoms with van der Waals surface area (Å²) in [6.07, 6.45) is 4.81. The minimum atomic E-state index is -3.25. The van der Waals surface area contributed by atoms with Crippen LogP contribution in [0.4, 0.5) is 0 Å². The number of thiophene rings is 1. The molecule has 0 fully saturated rings. The van der Waals surface area contributed by atoms with Gasteiger partial charge >= 0.3 is 0 Å². The molecule has 0 bridgehead atoms. The first-order valence-corrected chi connectivity index (χ1v) is 12.3. The molecule has 0 aliphatic heterocycles. The second kappa shape index (κ2) is 8.84. The van der Waals surface area contributed by atoms with E-state index >= 15 is 0 Å².